The Morgan fingerprint density at radius 3 is 2.51 bits per heavy atom. The number of rotatable bonds is 5. The quantitative estimate of drug-likeness (QED) is 0.707. The molecule has 3 aliphatic heterocycles. The van der Waals surface area contributed by atoms with Crippen LogP contribution in [0.15, 0.2) is 42.7 Å². The van der Waals surface area contributed by atoms with Crippen molar-refractivity contribution >= 4 is 6.03 Å². The molecule has 1 aromatic carbocycles. The number of benzene rings is 1. The maximum Gasteiger partial charge on any atom is 0.318 e. The second-order valence-corrected chi connectivity index (χ2v) is 11.5. The number of amides is 2. The SMILES string of the molecule is CN1CCC(c2ccc(CN3CCC4(CC3)CC4CNC(=O)N3Cc4ccncc4C3)cc2)CC1. The molecule has 1 atom stereocenters. The monoisotopic (exact) mass is 473 g/mol. The molecule has 1 unspecified atom stereocenters. The third-order valence-corrected chi connectivity index (χ3v) is 9.30. The van der Waals surface area contributed by atoms with Crippen LogP contribution in [0.5, 0.6) is 0 Å². The minimum absolute atomic E-state index is 0.0735. The smallest absolute Gasteiger partial charge is 0.318 e. The van der Waals surface area contributed by atoms with Gasteiger partial charge in [0.2, 0.25) is 0 Å². The van der Waals surface area contributed by atoms with Gasteiger partial charge in [-0.1, -0.05) is 24.3 Å². The molecule has 1 aromatic heterocycles. The third kappa shape index (κ3) is 4.96. The Labute approximate surface area is 209 Å². The van der Waals surface area contributed by atoms with E-state index >= 15 is 0 Å². The Balaban J connectivity index is 0.929. The molecule has 3 fully saturated rings. The fraction of sp³-hybridized carbons (Fsp3) is 0.586. The van der Waals surface area contributed by atoms with Crippen molar-refractivity contribution in [3.05, 3.63) is 65.0 Å². The molecule has 35 heavy (non-hydrogen) atoms. The highest BCUT2D eigenvalue weighted by Gasteiger charge is 2.54. The van der Waals surface area contributed by atoms with E-state index in [1.807, 2.05) is 23.4 Å². The summed E-state index contributed by atoms with van der Waals surface area (Å²) in [5.41, 5.74) is 5.84. The number of carbonyl (C=O) groups is 1. The van der Waals surface area contributed by atoms with Crippen LogP contribution in [0.4, 0.5) is 4.79 Å². The number of hydrogen-bond acceptors (Lipinski definition) is 4. The summed E-state index contributed by atoms with van der Waals surface area (Å²) in [5, 5.41) is 3.23. The van der Waals surface area contributed by atoms with E-state index in [0.29, 0.717) is 24.4 Å². The second kappa shape index (κ2) is 9.55. The van der Waals surface area contributed by atoms with E-state index in [1.54, 1.807) is 0 Å². The van der Waals surface area contributed by atoms with Crippen LogP contribution >= 0.6 is 0 Å². The van der Waals surface area contributed by atoms with Crippen molar-refractivity contribution in [3.63, 3.8) is 0 Å². The lowest BCUT2D eigenvalue weighted by atomic mass is 9.89. The van der Waals surface area contributed by atoms with Gasteiger partial charge in [-0.3, -0.25) is 9.88 Å². The number of likely N-dealkylation sites (tertiary alicyclic amines) is 2. The number of carbonyl (C=O) groups excluding carboxylic acids is 1. The first kappa shape index (κ1) is 23.0. The van der Waals surface area contributed by atoms with Crippen molar-refractivity contribution in [2.45, 2.75) is 57.7 Å². The van der Waals surface area contributed by atoms with Gasteiger partial charge < -0.3 is 15.1 Å². The Hall–Kier alpha value is -2.44. The number of urea groups is 1. The average molecular weight is 474 g/mol. The van der Waals surface area contributed by atoms with E-state index < -0.39 is 0 Å². The maximum atomic E-state index is 12.7. The van der Waals surface area contributed by atoms with E-state index in [4.69, 9.17) is 0 Å². The summed E-state index contributed by atoms with van der Waals surface area (Å²) in [6.07, 6.45) is 10.1. The molecular formula is C29H39N5O. The van der Waals surface area contributed by atoms with Gasteiger partial charge >= 0.3 is 6.03 Å². The van der Waals surface area contributed by atoms with Crippen molar-refractivity contribution in [2.24, 2.45) is 11.3 Å². The number of hydrogen-bond donors (Lipinski definition) is 1. The van der Waals surface area contributed by atoms with Gasteiger partial charge in [-0.15, -0.1) is 0 Å². The highest BCUT2D eigenvalue weighted by atomic mass is 16.2. The maximum absolute atomic E-state index is 12.7. The topological polar surface area (TPSA) is 51.7 Å². The van der Waals surface area contributed by atoms with Gasteiger partial charge in [0.15, 0.2) is 0 Å². The zero-order chi connectivity index (χ0) is 23.8. The lowest BCUT2D eigenvalue weighted by Gasteiger charge is -2.33. The number of aromatic nitrogens is 1. The summed E-state index contributed by atoms with van der Waals surface area (Å²) in [6.45, 7) is 8.06. The minimum Gasteiger partial charge on any atom is -0.338 e. The molecule has 4 heterocycles. The second-order valence-electron chi connectivity index (χ2n) is 11.5. The van der Waals surface area contributed by atoms with Gasteiger partial charge in [0.1, 0.15) is 0 Å². The Morgan fingerprint density at radius 1 is 1.03 bits per heavy atom. The first-order valence-corrected chi connectivity index (χ1v) is 13.5. The van der Waals surface area contributed by atoms with Crippen LogP contribution in [-0.4, -0.2) is 65.5 Å². The first-order chi connectivity index (χ1) is 17.1. The molecule has 1 saturated carbocycles. The van der Waals surface area contributed by atoms with Crippen molar-refractivity contribution in [3.8, 4) is 0 Å². The van der Waals surface area contributed by atoms with Crippen molar-refractivity contribution in [1.29, 1.82) is 0 Å². The highest BCUT2D eigenvalue weighted by Crippen LogP contribution is 2.59. The highest BCUT2D eigenvalue weighted by molar-refractivity contribution is 5.75. The molecule has 2 saturated heterocycles. The number of pyridine rings is 1. The van der Waals surface area contributed by atoms with Gasteiger partial charge in [0, 0.05) is 38.6 Å². The molecule has 2 amide bonds. The molecule has 186 valence electrons. The number of fused-ring (bicyclic) bond motifs is 1. The molecule has 1 N–H and O–H groups in total. The van der Waals surface area contributed by atoms with Gasteiger partial charge in [0.05, 0.1) is 0 Å². The third-order valence-electron chi connectivity index (χ3n) is 9.30. The van der Waals surface area contributed by atoms with E-state index in [9.17, 15) is 4.79 Å². The van der Waals surface area contributed by atoms with E-state index in [0.717, 1.165) is 19.0 Å². The zero-order valence-electron chi connectivity index (χ0n) is 21.1. The predicted octanol–water partition coefficient (Wildman–Crippen LogP) is 4.22. The minimum atomic E-state index is 0.0735. The lowest BCUT2D eigenvalue weighted by molar-refractivity contribution is 0.155. The number of nitrogens with zero attached hydrogens (tertiary/aromatic N) is 4. The average Bonchev–Trinajstić information content (AvgIpc) is 3.36. The summed E-state index contributed by atoms with van der Waals surface area (Å²) in [7, 11) is 2.23. The molecule has 0 radical (unpaired) electrons. The van der Waals surface area contributed by atoms with Crippen LogP contribution in [0.1, 0.15) is 60.3 Å². The van der Waals surface area contributed by atoms with Gasteiger partial charge in [-0.05, 0) is 111 Å². The number of nitrogens with one attached hydrogen (secondary N) is 1. The first-order valence-electron chi connectivity index (χ1n) is 13.5. The largest absolute Gasteiger partial charge is 0.338 e. The molecule has 6 heteroatoms. The van der Waals surface area contributed by atoms with Crippen LogP contribution in [0.2, 0.25) is 0 Å². The normalized spacial score (nSPS) is 24.5. The summed E-state index contributed by atoms with van der Waals surface area (Å²) >= 11 is 0. The van der Waals surface area contributed by atoms with E-state index in [1.165, 1.54) is 80.5 Å². The van der Waals surface area contributed by atoms with Gasteiger partial charge in [-0.2, -0.15) is 0 Å². The lowest BCUT2D eigenvalue weighted by Crippen LogP contribution is -2.39. The van der Waals surface area contributed by atoms with Crippen LogP contribution in [0.25, 0.3) is 0 Å². The molecule has 1 spiro atoms. The fourth-order valence-corrected chi connectivity index (χ4v) is 6.67. The fourth-order valence-electron chi connectivity index (χ4n) is 6.67. The molecule has 2 aromatic rings. The van der Waals surface area contributed by atoms with Gasteiger partial charge in [-0.25, -0.2) is 4.79 Å². The summed E-state index contributed by atoms with van der Waals surface area (Å²) in [4.78, 5) is 23.9. The standard InChI is InChI=1S/C29H39N5O/c1-32-12-7-24(8-13-32)23-4-2-22(3-5-23)19-33-14-9-29(10-15-33)16-27(29)18-31-28(35)34-20-25-6-11-30-17-26(25)21-34/h2-6,11,17,24,27H,7-10,12-16,18-21H2,1H3,(H,31,35). The van der Waals surface area contributed by atoms with Crippen LogP contribution in [0, 0.1) is 11.3 Å². The van der Waals surface area contributed by atoms with E-state index in [-0.39, 0.29) is 6.03 Å². The number of piperidine rings is 2. The van der Waals surface area contributed by atoms with Crippen molar-refractivity contribution < 1.29 is 4.79 Å². The predicted molar refractivity (Wildman–Crippen MR) is 138 cm³/mol. The summed E-state index contributed by atoms with van der Waals surface area (Å²) < 4.78 is 0. The van der Waals surface area contributed by atoms with Crippen LogP contribution < -0.4 is 5.32 Å². The Bertz CT molecular complexity index is 1010. The Kier molecular flexibility index (Phi) is 6.27. The zero-order valence-corrected chi connectivity index (χ0v) is 21.1. The molecule has 4 aliphatic rings. The molecule has 1 aliphatic carbocycles. The summed E-state index contributed by atoms with van der Waals surface area (Å²) in [6, 6.07) is 11.6. The Morgan fingerprint density at radius 2 is 1.77 bits per heavy atom. The molecule has 0 bridgehead atoms. The van der Waals surface area contributed by atoms with Crippen molar-refractivity contribution in [2.75, 3.05) is 39.8 Å². The van der Waals surface area contributed by atoms with Crippen molar-refractivity contribution in [1.82, 2.24) is 25.0 Å². The van der Waals surface area contributed by atoms with Gasteiger partial charge in [0.25, 0.3) is 0 Å². The van der Waals surface area contributed by atoms with Crippen LogP contribution in [-0.2, 0) is 19.6 Å². The molecule has 6 nitrogen and oxygen atoms in total. The summed E-state index contributed by atoms with van der Waals surface area (Å²) in [5.74, 6) is 1.38. The van der Waals surface area contributed by atoms with Crippen LogP contribution in [0.3, 0.4) is 0 Å². The molecular weight excluding hydrogens is 434 g/mol. The molecule has 6 rings (SSSR count). The van der Waals surface area contributed by atoms with E-state index in [2.05, 4.69) is 51.4 Å².